The Labute approximate surface area is 177 Å². The standard InChI is InChI=1S/C18H15F3N6O3S/c1-8(25-15(29)10-3-2-4-13(22)26-10)17-24-7-12(31-17)16(30)27-14-5-9(18(19,20)21)11(28)6-23-14/h2-8,28H,1H3,(H2,22,26)(H,25,29)(H,23,27,30). The maximum Gasteiger partial charge on any atom is 0.420 e. The Morgan fingerprint density at radius 1 is 1.19 bits per heavy atom. The van der Waals surface area contributed by atoms with Crippen LogP contribution < -0.4 is 16.4 Å². The van der Waals surface area contributed by atoms with Crippen molar-refractivity contribution >= 4 is 34.8 Å². The molecule has 1 unspecified atom stereocenters. The number of nitrogen functional groups attached to an aromatic ring is 1. The highest BCUT2D eigenvalue weighted by Gasteiger charge is 2.34. The van der Waals surface area contributed by atoms with Crippen molar-refractivity contribution in [2.45, 2.75) is 19.1 Å². The number of carbonyl (C=O) groups is 2. The number of rotatable bonds is 5. The fraction of sp³-hybridized carbons (Fsp3) is 0.167. The van der Waals surface area contributed by atoms with Crippen LogP contribution in [-0.2, 0) is 6.18 Å². The van der Waals surface area contributed by atoms with E-state index in [0.29, 0.717) is 17.3 Å². The molecule has 0 saturated carbocycles. The Balaban J connectivity index is 1.69. The summed E-state index contributed by atoms with van der Waals surface area (Å²) in [6.07, 6.45) is -2.99. The second kappa shape index (κ2) is 8.55. The molecule has 5 N–H and O–H groups in total. The van der Waals surface area contributed by atoms with Crippen LogP contribution in [0.3, 0.4) is 0 Å². The number of thiazole rings is 1. The number of aromatic nitrogens is 3. The van der Waals surface area contributed by atoms with E-state index in [0.717, 1.165) is 11.3 Å². The molecule has 0 spiro atoms. The zero-order valence-corrected chi connectivity index (χ0v) is 16.6. The average molecular weight is 452 g/mol. The number of alkyl halides is 3. The van der Waals surface area contributed by atoms with Crippen LogP contribution in [-0.4, -0.2) is 31.9 Å². The van der Waals surface area contributed by atoms with E-state index < -0.39 is 35.3 Å². The molecule has 1 atom stereocenters. The number of aromatic hydroxyl groups is 1. The highest BCUT2D eigenvalue weighted by Crippen LogP contribution is 2.36. The summed E-state index contributed by atoms with van der Waals surface area (Å²) in [6, 6.07) is 4.54. The number of carbonyl (C=O) groups excluding carboxylic acids is 2. The van der Waals surface area contributed by atoms with Gasteiger partial charge in [-0.25, -0.2) is 15.0 Å². The van der Waals surface area contributed by atoms with Gasteiger partial charge in [0.25, 0.3) is 11.8 Å². The summed E-state index contributed by atoms with van der Waals surface area (Å²) in [5, 5.41) is 14.6. The average Bonchev–Trinajstić information content (AvgIpc) is 3.19. The van der Waals surface area contributed by atoms with E-state index in [1.807, 2.05) is 0 Å². The zero-order valence-electron chi connectivity index (χ0n) is 15.8. The van der Waals surface area contributed by atoms with Crippen molar-refractivity contribution in [2.24, 2.45) is 0 Å². The van der Waals surface area contributed by atoms with Gasteiger partial charge in [-0.1, -0.05) is 6.07 Å². The van der Waals surface area contributed by atoms with Gasteiger partial charge in [0.15, 0.2) is 0 Å². The van der Waals surface area contributed by atoms with Crippen LogP contribution >= 0.6 is 11.3 Å². The maximum absolute atomic E-state index is 12.9. The van der Waals surface area contributed by atoms with Gasteiger partial charge in [0.1, 0.15) is 38.5 Å². The SMILES string of the molecule is CC(NC(=O)c1cccc(N)n1)c1ncc(C(=O)Nc2cc(C(F)(F)F)c(O)cn2)s1. The van der Waals surface area contributed by atoms with Crippen molar-refractivity contribution in [2.75, 3.05) is 11.1 Å². The topological polar surface area (TPSA) is 143 Å². The Morgan fingerprint density at radius 2 is 1.94 bits per heavy atom. The first kappa shape index (κ1) is 22.0. The number of anilines is 2. The summed E-state index contributed by atoms with van der Waals surface area (Å²) in [6.45, 7) is 1.64. The lowest BCUT2D eigenvalue weighted by Crippen LogP contribution is -2.27. The number of nitrogens with two attached hydrogens (primary N) is 1. The normalized spacial score (nSPS) is 12.3. The molecule has 0 aliphatic heterocycles. The van der Waals surface area contributed by atoms with E-state index in [1.165, 1.54) is 18.3 Å². The van der Waals surface area contributed by atoms with E-state index >= 15 is 0 Å². The molecule has 31 heavy (non-hydrogen) atoms. The first-order valence-electron chi connectivity index (χ1n) is 8.61. The fourth-order valence-corrected chi connectivity index (χ4v) is 3.24. The zero-order chi connectivity index (χ0) is 22.8. The summed E-state index contributed by atoms with van der Waals surface area (Å²) in [5.41, 5.74) is 4.34. The second-order valence-corrected chi connectivity index (χ2v) is 7.31. The molecule has 0 fully saturated rings. The van der Waals surface area contributed by atoms with Crippen molar-refractivity contribution in [1.29, 1.82) is 0 Å². The molecule has 0 bridgehead atoms. The number of halogens is 3. The van der Waals surface area contributed by atoms with Crippen LogP contribution in [0.1, 0.15) is 43.7 Å². The number of amides is 2. The third kappa shape index (κ3) is 5.25. The molecule has 9 nitrogen and oxygen atoms in total. The predicted octanol–water partition coefficient (Wildman–Crippen LogP) is 2.98. The van der Waals surface area contributed by atoms with Gasteiger partial charge in [0, 0.05) is 0 Å². The molecule has 13 heteroatoms. The molecule has 2 amide bonds. The molecule has 3 aromatic rings. The molecular weight excluding hydrogens is 437 g/mol. The Hall–Kier alpha value is -3.74. The molecule has 3 aromatic heterocycles. The monoisotopic (exact) mass is 452 g/mol. The lowest BCUT2D eigenvalue weighted by atomic mass is 10.2. The molecular formula is C18H15F3N6O3S. The van der Waals surface area contributed by atoms with E-state index in [2.05, 4.69) is 25.6 Å². The summed E-state index contributed by atoms with van der Waals surface area (Å²) in [7, 11) is 0. The molecule has 0 saturated heterocycles. The quantitative estimate of drug-likeness (QED) is 0.466. The Bertz CT molecular complexity index is 1130. The van der Waals surface area contributed by atoms with Gasteiger partial charge in [0.2, 0.25) is 0 Å². The van der Waals surface area contributed by atoms with Gasteiger partial charge >= 0.3 is 6.18 Å². The molecule has 0 aromatic carbocycles. The first-order chi connectivity index (χ1) is 14.5. The van der Waals surface area contributed by atoms with Crippen LogP contribution in [0.15, 0.2) is 36.7 Å². The van der Waals surface area contributed by atoms with Gasteiger partial charge in [0.05, 0.1) is 18.4 Å². The van der Waals surface area contributed by atoms with E-state index in [9.17, 15) is 27.9 Å². The van der Waals surface area contributed by atoms with E-state index in [4.69, 9.17) is 5.73 Å². The number of nitrogens with zero attached hydrogens (tertiary/aromatic N) is 3. The van der Waals surface area contributed by atoms with Crippen molar-refractivity contribution in [1.82, 2.24) is 20.3 Å². The maximum atomic E-state index is 12.9. The lowest BCUT2D eigenvalue weighted by molar-refractivity contribution is -0.138. The van der Waals surface area contributed by atoms with Gasteiger partial charge < -0.3 is 21.5 Å². The van der Waals surface area contributed by atoms with Crippen molar-refractivity contribution in [3.05, 3.63) is 57.8 Å². The van der Waals surface area contributed by atoms with Crippen molar-refractivity contribution in [3.63, 3.8) is 0 Å². The third-order valence-corrected chi connectivity index (χ3v) is 5.08. The van der Waals surface area contributed by atoms with Crippen molar-refractivity contribution < 1.29 is 27.9 Å². The highest BCUT2D eigenvalue weighted by molar-refractivity contribution is 7.13. The van der Waals surface area contributed by atoms with E-state index in [-0.39, 0.29) is 22.2 Å². The molecule has 3 heterocycles. The number of hydrogen-bond donors (Lipinski definition) is 4. The highest BCUT2D eigenvalue weighted by atomic mass is 32.1. The first-order valence-corrected chi connectivity index (χ1v) is 9.43. The van der Waals surface area contributed by atoms with Crippen LogP contribution in [0.5, 0.6) is 5.75 Å². The van der Waals surface area contributed by atoms with Crippen LogP contribution in [0.4, 0.5) is 24.8 Å². The molecule has 162 valence electrons. The number of hydrogen-bond acceptors (Lipinski definition) is 8. The van der Waals surface area contributed by atoms with Crippen LogP contribution in [0.25, 0.3) is 0 Å². The summed E-state index contributed by atoms with van der Waals surface area (Å²) in [4.78, 5) is 36.2. The summed E-state index contributed by atoms with van der Waals surface area (Å²) >= 11 is 0.939. The second-order valence-electron chi connectivity index (χ2n) is 6.24. The molecule has 3 rings (SSSR count). The summed E-state index contributed by atoms with van der Waals surface area (Å²) in [5.74, 6) is -2.49. The summed E-state index contributed by atoms with van der Waals surface area (Å²) < 4.78 is 38.6. The minimum absolute atomic E-state index is 0.0848. The predicted molar refractivity (Wildman–Crippen MR) is 106 cm³/mol. The largest absolute Gasteiger partial charge is 0.506 e. The fourth-order valence-electron chi connectivity index (χ4n) is 2.42. The van der Waals surface area contributed by atoms with Gasteiger partial charge in [-0.05, 0) is 25.1 Å². The van der Waals surface area contributed by atoms with Crippen LogP contribution in [0.2, 0.25) is 0 Å². The number of nitrogens with one attached hydrogen (secondary N) is 2. The number of pyridine rings is 2. The Kier molecular flexibility index (Phi) is 6.06. The van der Waals surface area contributed by atoms with Gasteiger partial charge in [-0.3, -0.25) is 9.59 Å². The van der Waals surface area contributed by atoms with E-state index in [1.54, 1.807) is 13.0 Å². The van der Waals surface area contributed by atoms with Crippen molar-refractivity contribution in [3.8, 4) is 5.75 Å². The van der Waals surface area contributed by atoms with Gasteiger partial charge in [-0.2, -0.15) is 13.2 Å². The third-order valence-electron chi connectivity index (χ3n) is 3.90. The minimum atomic E-state index is -4.81. The smallest absolute Gasteiger partial charge is 0.420 e. The molecule has 0 radical (unpaired) electrons. The molecule has 0 aliphatic rings. The lowest BCUT2D eigenvalue weighted by Gasteiger charge is -2.11. The molecule has 0 aliphatic carbocycles. The Morgan fingerprint density at radius 3 is 2.61 bits per heavy atom. The van der Waals surface area contributed by atoms with Gasteiger partial charge in [-0.15, -0.1) is 11.3 Å². The van der Waals surface area contributed by atoms with Crippen LogP contribution in [0, 0.1) is 0 Å². The minimum Gasteiger partial charge on any atom is -0.506 e.